The summed E-state index contributed by atoms with van der Waals surface area (Å²) in [6, 6.07) is 5.80. The van der Waals surface area contributed by atoms with Crippen molar-refractivity contribution in [2.24, 2.45) is 0 Å². The van der Waals surface area contributed by atoms with Crippen molar-refractivity contribution < 1.29 is 9.53 Å². The Balaban J connectivity index is 2.30. The summed E-state index contributed by atoms with van der Waals surface area (Å²) in [5.74, 6) is 0. The zero-order chi connectivity index (χ0) is 13.1. The summed E-state index contributed by atoms with van der Waals surface area (Å²) in [6.07, 6.45) is 2.03. The van der Waals surface area contributed by atoms with Gasteiger partial charge >= 0.3 is 0 Å². The number of benzene rings is 1. The highest BCUT2D eigenvalue weighted by Crippen LogP contribution is 2.31. The number of halogens is 1. The summed E-state index contributed by atoms with van der Waals surface area (Å²) < 4.78 is 5.68. The Morgan fingerprint density at radius 1 is 1.56 bits per heavy atom. The van der Waals surface area contributed by atoms with Crippen LogP contribution < -0.4 is 4.90 Å². The lowest BCUT2D eigenvalue weighted by molar-refractivity contribution is 0.0299. The maximum atomic E-state index is 10.7. The van der Waals surface area contributed by atoms with Gasteiger partial charge < -0.3 is 9.64 Å². The molecule has 0 bridgehead atoms. The Labute approximate surface area is 113 Å². The lowest BCUT2D eigenvalue weighted by atomic mass is 10.1. The molecule has 1 heterocycles. The van der Waals surface area contributed by atoms with E-state index in [1.54, 1.807) is 12.1 Å². The molecule has 1 aromatic rings. The summed E-state index contributed by atoms with van der Waals surface area (Å²) >= 11 is 6.27. The quantitative estimate of drug-likeness (QED) is 0.788. The van der Waals surface area contributed by atoms with Crippen molar-refractivity contribution in [1.29, 1.82) is 0 Å². The molecule has 0 aliphatic carbocycles. The number of carbonyl (C=O) groups excluding carboxylic acids is 1. The summed E-state index contributed by atoms with van der Waals surface area (Å²) in [4.78, 5) is 13.0. The Hall–Kier alpha value is -1.06. The van der Waals surface area contributed by atoms with Gasteiger partial charge in [0.2, 0.25) is 0 Å². The van der Waals surface area contributed by atoms with Crippen molar-refractivity contribution in [2.45, 2.75) is 32.4 Å². The highest BCUT2D eigenvalue weighted by Gasteiger charge is 2.26. The molecular weight excluding hydrogens is 250 g/mol. The van der Waals surface area contributed by atoms with Crippen molar-refractivity contribution in [3.05, 3.63) is 28.8 Å². The van der Waals surface area contributed by atoms with Crippen LogP contribution in [0.15, 0.2) is 18.2 Å². The van der Waals surface area contributed by atoms with E-state index in [2.05, 4.69) is 18.7 Å². The number of hydrogen-bond donors (Lipinski definition) is 0. The van der Waals surface area contributed by atoms with Gasteiger partial charge in [-0.25, -0.2) is 0 Å². The normalized spacial score (nSPS) is 24.1. The molecule has 0 N–H and O–H groups in total. The summed E-state index contributed by atoms with van der Waals surface area (Å²) in [6.45, 7) is 5.76. The molecule has 98 valence electrons. The molecule has 1 aliphatic heterocycles. The van der Waals surface area contributed by atoms with Gasteiger partial charge in [0.15, 0.2) is 0 Å². The fraction of sp³-hybridized carbons (Fsp3) is 0.500. The number of rotatable bonds is 3. The van der Waals surface area contributed by atoms with E-state index in [4.69, 9.17) is 16.3 Å². The molecule has 3 nitrogen and oxygen atoms in total. The summed E-state index contributed by atoms with van der Waals surface area (Å²) in [5, 5.41) is 0.632. The Morgan fingerprint density at radius 2 is 2.33 bits per heavy atom. The molecule has 0 radical (unpaired) electrons. The average molecular weight is 268 g/mol. The fourth-order valence-corrected chi connectivity index (χ4v) is 2.60. The van der Waals surface area contributed by atoms with Crippen molar-refractivity contribution >= 4 is 23.6 Å². The summed E-state index contributed by atoms with van der Waals surface area (Å²) in [7, 11) is 0. The van der Waals surface area contributed by atoms with Gasteiger partial charge in [0.05, 0.1) is 29.5 Å². The van der Waals surface area contributed by atoms with E-state index in [9.17, 15) is 4.79 Å². The molecule has 0 amide bonds. The van der Waals surface area contributed by atoms with E-state index < -0.39 is 0 Å². The van der Waals surface area contributed by atoms with E-state index in [1.807, 2.05) is 6.07 Å². The molecular formula is C14H18ClNO2. The Morgan fingerprint density at radius 3 is 2.94 bits per heavy atom. The first-order valence-electron chi connectivity index (χ1n) is 6.28. The predicted octanol–water partition coefficient (Wildman–Crippen LogP) is 3.16. The van der Waals surface area contributed by atoms with Crippen LogP contribution in [0, 0.1) is 0 Å². The molecule has 1 aromatic carbocycles. The van der Waals surface area contributed by atoms with Crippen molar-refractivity contribution in [3.8, 4) is 0 Å². The summed E-state index contributed by atoms with van der Waals surface area (Å²) in [5.41, 5.74) is 1.60. The fourth-order valence-electron chi connectivity index (χ4n) is 2.31. The van der Waals surface area contributed by atoms with Crippen molar-refractivity contribution in [1.82, 2.24) is 0 Å². The van der Waals surface area contributed by atoms with Crippen LogP contribution in [0.3, 0.4) is 0 Å². The largest absolute Gasteiger partial charge is 0.375 e. The van der Waals surface area contributed by atoms with Crippen LogP contribution in [0.25, 0.3) is 0 Å². The van der Waals surface area contributed by atoms with Gasteiger partial charge in [-0.1, -0.05) is 18.5 Å². The van der Waals surface area contributed by atoms with Crippen molar-refractivity contribution in [3.63, 3.8) is 0 Å². The first-order chi connectivity index (χ1) is 8.65. The van der Waals surface area contributed by atoms with Crippen LogP contribution >= 0.6 is 11.6 Å². The molecule has 2 unspecified atom stereocenters. The molecule has 1 fully saturated rings. The number of anilines is 1. The van der Waals surface area contributed by atoms with Crippen LogP contribution in [-0.4, -0.2) is 31.6 Å². The first kappa shape index (κ1) is 13.4. The molecule has 2 atom stereocenters. The zero-order valence-corrected chi connectivity index (χ0v) is 11.5. The van der Waals surface area contributed by atoms with E-state index in [-0.39, 0.29) is 6.10 Å². The Bertz CT molecular complexity index is 436. The van der Waals surface area contributed by atoms with Gasteiger partial charge in [0, 0.05) is 12.1 Å². The molecule has 1 saturated heterocycles. The lowest BCUT2D eigenvalue weighted by Gasteiger charge is -2.40. The minimum absolute atomic E-state index is 0.203. The first-order valence-corrected chi connectivity index (χ1v) is 6.66. The van der Waals surface area contributed by atoms with Crippen LogP contribution in [-0.2, 0) is 4.74 Å². The number of ether oxygens (including phenoxy) is 1. The highest BCUT2D eigenvalue weighted by molar-refractivity contribution is 6.33. The SMILES string of the molecule is CCC1COC(C)CN1c1ccc(C=O)cc1Cl. The molecule has 18 heavy (non-hydrogen) atoms. The monoisotopic (exact) mass is 267 g/mol. The Kier molecular flexibility index (Phi) is 4.25. The van der Waals surface area contributed by atoms with Crippen LogP contribution in [0.5, 0.6) is 0 Å². The number of aldehydes is 1. The average Bonchev–Trinajstić information content (AvgIpc) is 2.38. The van der Waals surface area contributed by atoms with Gasteiger partial charge in [-0.3, -0.25) is 4.79 Å². The van der Waals surface area contributed by atoms with E-state index >= 15 is 0 Å². The minimum atomic E-state index is 0.203. The van der Waals surface area contributed by atoms with E-state index in [0.29, 0.717) is 16.6 Å². The minimum Gasteiger partial charge on any atom is -0.375 e. The second kappa shape index (κ2) is 5.72. The van der Waals surface area contributed by atoms with Crippen molar-refractivity contribution in [2.75, 3.05) is 18.1 Å². The second-order valence-corrected chi connectivity index (χ2v) is 5.09. The van der Waals surface area contributed by atoms with Crippen LogP contribution in [0.1, 0.15) is 30.6 Å². The lowest BCUT2D eigenvalue weighted by Crippen LogP contribution is -2.48. The maximum Gasteiger partial charge on any atom is 0.150 e. The zero-order valence-electron chi connectivity index (χ0n) is 10.7. The number of hydrogen-bond acceptors (Lipinski definition) is 3. The smallest absolute Gasteiger partial charge is 0.150 e. The van der Waals surface area contributed by atoms with Crippen LogP contribution in [0.2, 0.25) is 5.02 Å². The van der Waals surface area contributed by atoms with Gasteiger partial charge in [-0.2, -0.15) is 0 Å². The molecule has 0 aromatic heterocycles. The topological polar surface area (TPSA) is 29.5 Å². The molecule has 4 heteroatoms. The van der Waals surface area contributed by atoms with E-state index in [1.165, 1.54) is 0 Å². The van der Waals surface area contributed by atoms with Gasteiger partial charge in [-0.15, -0.1) is 0 Å². The second-order valence-electron chi connectivity index (χ2n) is 4.69. The third-order valence-corrected chi connectivity index (χ3v) is 3.66. The van der Waals surface area contributed by atoms with Crippen LogP contribution in [0.4, 0.5) is 5.69 Å². The molecule has 0 saturated carbocycles. The number of nitrogens with zero attached hydrogens (tertiary/aromatic N) is 1. The number of morpholine rings is 1. The third kappa shape index (κ3) is 2.68. The van der Waals surface area contributed by atoms with Gasteiger partial charge in [0.25, 0.3) is 0 Å². The molecule has 2 rings (SSSR count). The maximum absolute atomic E-state index is 10.7. The number of carbonyl (C=O) groups is 1. The van der Waals surface area contributed by atoms with Gasteiger partial charge in [0.1, 0.15) is 6.29 Å². The standard InChI is InChI=1S/C14H18ClNO2/c1-3-12-9-18-10(2)7-16(12)14-5-4-11(8-17)6-13(14)15/h4-6,8,10,12H,3,7,9H2,1-2H3. The molecule has 1 aliphatic rings. The van der Waals surface area contributed by atoms with E-state index in [0.717, 1.165) is 31.5 Å². The predicted molar refractivity (Wildman–Crippen MR) is 73.7 cm³/mol. The molecule has 0 spiro atoms. The highest BCUT2D eigenvalue weighted by atomic mass is 35.5. The third-order valence-electron chi connectivity index (χ3n) is 3.36. The van der Waals surface area contributed by atoms with Gasteiger partial charge in [-0.05, 0) is 31.5 Å².